The Kier molecular flexibility index (Phi) is 4.48. The van der Waals surface area contributed by atoms with Crippen LogP contribution < -0.4 is 5.32 Å². The van der Waals surface area contributed by atoms with Crippen molar-refractivity contribution in [3.8, 4) is 0 Å². The zero-order chi connectivity index (χ0) is 14.0. The lowest BCUT2D eigenvalue weighted by Crippen LogP contribution is -2.63. The average Bonchev–Trinajstić information content (AvgIpc) is 2.38. The van der Waals surface area contributed by atoms with E-state index in [2.05, 4.69) is 42.9 Å². The Morgan fingerprint density at radius 3 is 2.32 bits per heavy atom. The topological polar surface area (TPSA) is 38.8 Å². The van der Waals surface area contributed by atoms with E-state index in [1.807, 2.05) is 4.90 Å². The number of carbonyl (C=O) groups is 1. The van der Waals surface area contributed by atoms with E-state index in [0.29, 0.717) is 5.91 Å². The van der Waals surface area contributed by atoms with Gasteiger partial charge in [-0.25, -0.2) is 0 Å². The maximum absolute atomic E-state index is 12.7. The van der Waals surface area contributed by atoms with Crippen LogP contribution in [0.5, 0.6) is 0 Å². The highest BCUT2D eigenvalue weighted by molar-refractivity contribution is 5.82. The van der Waals surface area contributed by atoms with Gasteiger partial charge in [0.25, 0.3) is 0 Å². The van der Waals surface area contributed by atoms with Crippen LogP contribution in [0.4, 0.5) is 0 Å². The second-order valence-corrected chi connectivity index (χ2v) is 6.69. The number of amides is 1. The summed E-state index contributed by atoms with van der Waals surface area (Å²) in [5, 5.41) is 3.30. The summed E-state index contributed by atoms with van der Waals surface area (Å²) in [5.41, 5.74) is 0.142. The van der Waals surface area contributed by atoms with Gasteiger partial charge in [0.05, 0.1) is 0 Å². The molecule has 2 aliphatic rings. The molecule has 1 amide bonds. The predicted octanol–water partition coefficient (Wildman–Crippen LogP) is -0.167. The summed E-state index contributed by atoms with van der Waals surface area (Å²) in [4.78, 5) is 19.3. The number of hydrogen-bond donors (Lipinski definition) is 1. The first-order valence-electron chi connectivity index (χ1n) is 7.34. The van der Waals surface area contributed by atoms with Gasteiger partial charge in [-0.3, -0.25) is 14.6 Å². The molecule has 0 aromatic rings. The lowest BCUT2D eigenvalue weighted by atomic mass is 10.0. The summed E-state index contributed by atoms with van der Waals surface area (Å²) < 4.78 is 0. The Morgan fingerprint density at radius 1 is 1.11 bits per heavy atom. The summed E-state index contributed by atoms with van der Waals surface area (Å²) in [6.07, 6.45) is 0. The van der Waals surface area contributed by atoms with Crippen molar-refractivity contribution in [1.29, 1.82) is 0 Å². The van der Waals surface area contributed by atoms with Crippen LogP contribution in [0, 0.1) is 0 Å². The van der Waals surface area contributed by atoms with Gasteiger partial charge in [0, 0.05) is 51.4 Å². The summed E-state index contributed by atoms with van der Waals surface area (Å²) >= 11 is 0. The van der Waals surface area contributed by atoms with Gasteiger partial charge in [-0.1, -0.05) is 0 Å². The molecule has 2 fully saturated rings. The van der Waals surface area contributed by atoms with Gasteiger partial charge in [-0.15, -0.1) is 0 Å². The van der Waals surface area contributed by atoms with Crippen LogP contribution in [0.25, 0.3) is 0 Å². The lowest BCUT2D eigenvalue weighted by Gasteiger charge is -2.46. The first-order chi connectivity index (χ1) is 8.89. The van der Waals surface area contributed by atoms with Crippen LogP contribution in [-0.2, 0) is 4.79 Å². The maximum Gasteiger partial charge on any atom is 0.241 e. The van der Waals surface area contributed by atoms with Gasteiger partial charge in [-0.2, -0.15) is 0 Å². The van der Waals surface area contributed by atoms with Crippen molar-refractivity contribution < 1.29 is 4.79 Å². The fourth-order valence-electron chi connectivity index (χ4n) is 2.85. The van der Waals surface area contributed by atoms with E-state index in [9.17, 15) is 4.79 Å². The third kappa shape index (κ3) is 3.46. The summed E-state index contributed by atoms with van der Waals surface area (Å²) in [5.74, 6) is 0.304. The molecule has 110 valence electrons. The zero-order valence-corrected chi connectivity index (χ0v) is 12.8. The minimum atomic E-state index is 0.0195. The Labute approximate surface area is 116 Å². The Bertz CT molecular complexity index is 320. The lowest BCUT2D eigenvalue weighted by molar-refractivity contribution is -0.140. The van der Waals surface area contributed by atoms with Gasteiger partial charge in [-0.05, 0) is 27.8 Å². The average molecular weight is 268 g/mol. The molecule has 0 spiro atoms. The molecule has 1 N–H and O–H groups in total. The van der Waals surface area contributed by atoms with Crippen LogP contribution in [-0.4, -0.2) is 85.0 Å². The van der Waals surface area contributed by atoms with E-state index in [4.69, 9.17) is 0 Å². The molecule has 2 aliphatic heterocycles. The molecular weight excluding hydrogens is 240 g/mol. The maximum atomic E-state index is 12.7. The molecule has 5 heteroatoms. The number of hydrogen-bond acceptors (Lipinski definition) is 4. The van der Waals surface area contributed by atoms with E-state index < -0.39 is 0 Å². The molecule has 19 heavy (non-hydrogen) atoms. The van der Waals surface area contributed by atoms with Gasteiger partial charge >= 0.3 is 0 Å². The molecule has 0 aromatic heterocycles. The molecule has 0 aromatic carbocycles. The standard InChI is InChI=1S/C14H28N4O/c1-14(2,3)18-10-9-16(4)12(11-18)13(19)17-7-5-15-6-8-17/h12,15H,5-11H2,1-4H3. The summed E-state index contributed by atoms with van der Waals surface area (Å²) in [6.45, 7) is 13.1. The second-order valence-electron chi connectivity index (χ2n) is 6.69. The van der Waals surface area contributed by atoms with Gasteiger partial charge < -0.3 is 10.2 Å². The fraction of sp³-hybridized carbons (Fsp3) is 0.929. The van der Waals surface area contributed by atoms with E-state index in [1.54, 1.807) is 0 Å². The number of nitrogens with one attached hydrogen (secondary N) is 1. The molecule has 0 aliphatic carbocycles. The highest BCUT2D eigenvalue weighted by Gasteiger charge is 2.36. The highest BCUT2D eigenvalue weighted by Crippen LogP contribution is 2.19. The second kappa shape index (κ2) is 5.77. The summed E-state index contributed by atoms with van der Waals surface area (Å²) in [6, 6.07) is 0.0195. The third-order valence-corrected chi connectivity index (χ3v) is 4.31. The van der Waals surface area contributed by atoms with Crippen molar-refractivity contribution in [2.45, 2.75) is 32.4 Å². The molecule has 2 saturated heterocycles. The number of nitrogens with zero attached hydrogens (tertiary/aromatic N) is 3. The smallest absolute Gasteiger partial charge is 0.241 e. The van der Waals surface area contributed by atoms with Crippen molar-refractivity contribution in [3.05, 3.63) is 0 Å². The van der Waals surface area contributed by atoms with Crippen LogP contribution >= 0.6 is 0 Å². The van der Waals surface area contributed by atoms with Gasteiger partial charge in [0.15, 0.2) is 0 Å². The third-order valence-electron chi connectivity index (χ3n) is 4.31. The van der Waals surface area contributed by atoms with Crippen molar-refractivity contribution in [2.75, 3.05) is 52.9 Å². The van der Waals surface area contributed by atoms with Crippen molar-refractivity contribution in [3.63, 3.8) is 0 Å². The van der Waals surface area contributed by atoms with Crippen molar-refractivity contribution in [1.82, 2.24) is 20.0 Å². The van der Waals surface area contributed by atoms with Crippen LogP contribution in [0.3, 0.4) is 0 Å². The van der Waals surface area contributed by atoms with Crippen LogP contribution in [0.2, 0.25) is 0 Å². The summed E-state index contributed by atoms with van der Waals surface area (Å²) in [7, 11) is 2.07. The van der Waals surface area contributed by atoms with Gasteiger partial charge in [0.2, 0.25) is 5.91 Å². The van der Waals surface area contributed by atoms with Crippen molar-refractivity contribution in [2.24, 2.45) is 0 Å². The first kappa shape index (κ1) is 14.8. The van der Waals surface area contributed by atoms with E-state index in [1.165, 1.54) is 0 Å². The predicted molar refractivity (Wildman–Crippen MR) is 77.2 cm³/mol. The highest BCUT2D eigenvalue weighted by atomic mass is 16.2. The Hall–Kier alpha value is -0.650. The molecule has 2 rings (SSSR count). The minimum Gasteiger partial charge on any atom is -0.339 e. The minimum absolute atomic E-state index is 0.0195. The molecular formula is C14H28N4O. The van der Waals surface area contributed by atoms with E-state index >= 15 is 0 Å². The normalized spacial score (nSPS) is 27.6. The fourth-order valence-corrected chi connectivity index (χ4v) is 2.85. The molecule has 5 nitrogen and oxygen atoms in total. The van der Waals surface area contributed by atoms with Crippen LogP contribution in [0.1, 0.15) is 20.8 Å². The zero-order valence-electron chi connectivity index (χ0n) is 12.8. The van der Waals surface area contributed by atoms with Gasteiger partial charge in [0.1, 0.15) is 6.04 Å². The largest absolute Gasteiger partial charge is 0.339 e. The van der Waals surface area contributed by atoms with E-state index in [-0.39, 0.29) is 11.6 Å². The Balaban J connectivity index is 2.01. The molecule has 1 unspecified atom stereocenters. The molecule has 0 bridgehead atoms. The quantitative estimate of drug-likeness (QED) is 0.717. The number of carbonyl (C=O) groups excluding carboxylic acids is 1. The molecule has 0 saturated carbocycles. The van der Waals surface area contributed by atoms with Crippen molar-refractivity contribution >= 4 is 5.91 Å². The number of rotatable bonds is 1. The Morgan fingerprint density at radius 2 is 1.74 bits per heavy atom. The monoisotopic (exact) mass is 268 g/mol. The van der Waals surface area contributed by atoms with Crippen LogP contribution in [0.15, 0.2) is 0 Å². The molecule has 2 heterocycles. The molecule has 0 radical (unpaired) electrons. The number of piperazine rings is 2. The van der Waals surface area contributed by atoms with E-state index in [0.717, 1.165) is 45.8 Å². The SMILES string of the molecule is CN1CCN(C(C)(C)C)CC1C(=O)N1CCNCC1. The molecule has 1 atom stereocenters. The number of likely N-dealkylation sites (N-methyl/N-ethyl adjacent to an activating group) is 1. The first-order valence-corrected chi connectivity index (χ1v) is 7.34.